The van der Waals surface area contributed by atoms with Crippen molar-refractivity contribution in [2.45, 2.75) is 25.7 Å². The summed E-state index contributed by atoms with van der Waals surface area (Å²) in [6.45, 7) is 0.228. The molecule has 0 aromatic heterocycles. The van der Waals surface area contributed by atoms with E-state index in [1.165, 1.54) is 0 Å². The van der Waals surface area contributed by atoms with Crippen molar-refractivity contribution in [1.29, 1.82) is 0 Å². The van der Waals surface area contributed by atoms with Crippen LogP contribution >= 0.6 is 0 Å². The number of carbonyl (C=O) groups excluding carboxylic acids is 1. The van der Waals surface area contributed by atoms with E-state index in [0.717, 1.165) is 5.56 Å². The standard InChI is InChI=1S/C14H18N2O3/c15-11-4-2-1-3-10(11)5-6-12(17)16-9-14(7-8-14)13(18)19/h1-4H,5-9,15H2,(H,16,17)(H,18,19). The number of nitrogens with two attached hydrogens (primary N) is 1. The highest BCUT2D eigenvalue weighted by Crippen LogP contribution is 2.45. The average Bonchev–Trinajstić information content (AvgIpc) is 3.16. The number of carboxylic acids is 1. The fourth-order valence-electron chi connectivity index (χ4n) is 1.98. The van der Waals surface area contributed by atoms with Gasteiger partial charge in [0.25, 0.3) is 0 Å². The molecule has 1 fully saturated rings. The van der Waals surface area contributed by atoms with Crippen LogP contribution in [0.15, 0.2) is 24.3 Å². The molecule has 1 aliphatic rings. The number of rotatable bonds is 6. The first kappa shape index (κ1) is 13.4. The van der Waals surface area contributed by atoms with E-state index in [9.17, 15) is 9.59 Å². The molecule has 1 amide bonds. The number of carbonyl (C=O) groups is 2. The summed E-state index contributed by atoms with van der Waals surface area (Å²) in [7, 11) is 0. The Balaban J connectivity index is 1.77. The van der Waals surface area contributed by atoms with Gasteiger partial charge in [0.2, 0.25) is 5.91 Å². The highest BCUT2D eigenvalue weighted by atomic mass is 16.4. The Morgan fingerprint density at radius 1 is 1.32 bits per heavy atom. The van der Waals surface area contributed by atoms with Gasteiger partial charge in [0.1, 0.15) is 0 Å². The van der Waals surface area contributed by atoms with E-state index in [1.54, 1.807) is 6.07 Å². The smallest absolute Gasteiger partial charge is 0.311 e. The minimum atomic E-state index is -0.819. The first-order valence-corrected chi connectivity index (χ1v) is 6.37. The van der Waals surface area contributed by atoms with E-state index in [1.807, 2.05) is 18.2 Å². The molecule has 1 aliphatic carbocycles. The second-order valence-corrected chi connectivity index (χ2v) is 5.06. The van der Waals surface area contributed by atoms with Crippen molar-refractivity contribution in [3.05, 3.63) is 29.8 Å². The summed E-state index contributed by atoms with van der Waals surface area (Å²) in [6.07, 6.45) is 2.19. The summed E-state index contributed by atoms with van der Waals surface area (Å²) in [5.41, 5.74) is 6.71. The van der Waals surface area contributed by atoms with Gasteiger partial charge < -0.3 is 16.2 Å². The van der Waals surface area contributed by atoms with Crippen molar-refractivity contribution in [3.8, 4) is 0 Å². The third-order valence-electron chi connectivity index (χ3n) is 3.61. The third-order valence-corrected chi connectivity index (χ3v) is 3.61. The molecule has 0 unspecified atom stereocenters. The molecule has 0 bridgehead atoms. The lowest BCUT2D eigenvalue weighted by molar-refractivity contribution is -0.143. The molecule has 19 heavy (non-hydrogen) atoms. The highest BCUT2D eigenvalue weighted by Gasteiger charge is 2.50. The largest absolute Gasteiger partial charge is 0.481 e. The summed E-state index contributed by atoms with van der Waals surface area (Å²) in [5, 5.41) is 11.7. The number of para-hydroxylation sites is 1. The zero-order chi connectivity index (χ0) is 13.9. The maximum absolute atomic E-state index is 11.7. The summed E-state index contributed by atoms with van der Waals surface area (Å²) >= 11 is 0. The highest BCUT2D eigenvalue weighted by molar-refractivity contribution is 5.81. The summed E-state index contributed by atoms with van der Waals surface area (Å²) < 4.78 is 0. The second kappa shape index (κ2) is 5.30. The molecule has 1 aromatic rings. The van der Waals surface area contributed by atoms with E-state index in [2.05, 4.69) is 5.32 Å². The molecule has 102 valence electrons. The van der Waals surface area contributed by atoms with E-state index in [0.29, 0.717) is 31.4 Å². The Bertz CT molecular complexity index is 495. The van der Waals surface area contributed by atoms with Gasteiger partial charge in [0.15, 0.2) is 0 Å². The molecule has 0 atom stereocenters. The van der Waals surface area contributed by atoms with Crippen LogP contribution in [0.25, 0.3) is 0 Å². The van der Waals surface area contributed by atoms with Crippen molar-refractivity contribution in [2.75, 3.05) is 12.3 Å². The molecule has 0 radical (unpaired) electrons. The molecule has 5 heteroatoms. The molecule has 0 saturated heterocycles. The predicted octanol–water partition coefficient (Wildman–Crippen LogP) is 1.18. The molecule has 4 N–H and O–H groups in total. The van der Waals surface area contributed by atoms with Gasteiger partial charge in [0, 0.05) is 18.7 Å². The number of anilines is 1. The zero-order valence-electron chi connectivity index (χ0n) is 10.7. The molecule has 2 rings (SSSR count). The number of hydrogen-bond donors (Lipinski definition) is 3. The number of aryl methyl sites for hydroxylation is 1. The van der Waals surface area contributed by atoms with Gasteiger partial charge in [-0.1, -0.05) is 18.2 Å². The van der Waals surface area contributed by atoms with Gasteiger partial charge in [0.05, 0.1) is 5.41 Å². The summed E-state index contributed by atoms with van der Waals surface area (Å²) in [5.74, 6) is -0.948. The number of nitrogens with one attached hydrogen (secondary N) is 1. The van der Waals surface area contributed by atoms with Crippen molar-refractivity contribution >= 4 is 17.6 Å². The lowest BCUT2D eigenvalue weighted by atomic mass is 10.1. The molecular formula is C14H18N2O3. The van der Waals surface area contributed by atoms with Crippen LogP contribution in [0.1, 0.15) is 24.8 Å². The molecule has 0 spiro atoms. The van der Waals surface area contributed by atoms with Gasteiger partial charge in [-0.25, -0.2) is 0 Å². The van der Waals surface area contributed by atoms with Crippen LogP contribution in [0.2, 0.25) is 0 Å². The number of hydrogen-bond acceptors (Lipinski definition) is 3. The van der Waals surface area contributed by atoms with E-state index >= 15 is 0 Å². The molecule has 0 aliphatic heterocycles. The van der Waals surface area contributed by atoms with Crippen LogP contribution in [-0.4, -0.2) is 23.5 Å². The number of nitrogen functional groups attached to an aromatic ring is 1. The van der Waals surface area contributed by atoms with Gasteiger partial charge in [-0.05, 0) is 30.9 Å². The molecule has 5 nitrogen and oxygen atoms in total. The van der Waals surface area contributed by atoms with Crippen molar-refractivity contribution < 1.29 is 14.7 Å². The SMILES string of the molecule is Nc1ccccc1CCC(=O)NCC1(C(=O)O)CC1. The Morgan fingerprint density at radius 3 is 2.58 bits per heavy atom. The quantitative estimate of drug-likeness (QED) is 0.671. The molecule has 1 aromatic carbocycles. The number of carboxylic acid groups (broad SMARTS) is 1. The Kier molecular flexibility index (Phi) is 3.74. The van der Waals surface area contributed by atoms with Crippen LogP contribution in [0.3, 0.4) is 0 Å². The minimum Gasteiger partial charge on any atom is -0.481 e. The summed E-state index contributed by atoms with van der Waals surface area (Å²) in [4.78, 5) is 22.6. The van der Waals surface area contributed by atoms with Crippen LogP contribution in [0.5, 0.6) is 0 Å². The monoisotopic (exact) mass is 262 g/mol. The molecule has 0 heterocycles. The van der Waals surface area contributed by atoms with Crippen molar-refractivity contribution in [2.24, 2.45) is 5.41 Å². The minimum absolute atomic E-state index is 0.129. The normalized spacial score (nSPS) is 15.8. The van der Waals surface area contributed by atoms with Crippen LogP contribution < -0.4 is 11.1 Å². The fraction of sp³-hybridized carbons (Fsp3) is 0.429. The lowest BCUT2D eigenvalue weighted by Gasteiger charge is -2.11. The van der Waals surface area contributed by atoms with Crippen molar-refractivity contribution in [1.82, 2.24) is 5.32 Å². The van der Waals surface area contributed by atoms with E-state index in [4.69, 9.17) is 10.8 Å². The predicted molar refractivity (Wildman–Crippen MR) is 71.5 cm³/mol. The molecule has 1 saturated carbocycles. The topological polar surface area (TPSA) is 92.4 Å². The van der Waals surface area contributed by atoms with E-state index < -0.39 is 11.4 Å². The Hall–Kier alpha value is -2.04. The van der Waals surface area contributed by atoms with Gasteiger partial charge >= 0.3 is 5.97 Å². The number of amides is 1. The van der Waals surface area contributed by atoms with E-state index in [-0.39, 0.29) is 12.5 Å². The second-order valence-electron chi connectivity index (χ2n) is 5.06. The number of aliphatic carboxylic acids is 1. The van der Waals surface area contributed by atoms with Crippen molar-refractivity contribution in [3.63, 3.8) is 0 Å². The zero-order valence-corrected chi connectivity index (χ0v) is 10.7. The first-order valence-electron chi connectivity index (χ1n) is 6.37. The molecular weight excluding hydrogens is 244 g/mol. The maximum atomic E-state index is 11.7. The third kappa shape index (κ3) is 3.24. The van der Waals surface area contributed by atoms with Gasteiger partial charge in [-0.15, -0.1) is 0 Å². The van der Waals surface area contributed by atoms with Crippen LogP contribution in [0.4, 0.5) is 5.69 Å². The number of benzene rings is 1. The van der Waals surface area contributed by atoms with Gasteiger partial charge in [-0.3, -0.25) is 9.59 Å². The van der Waals surface area contributed by atoms with Gasteiger partial charge in [-0.2, -0.15) is 0 Å². The van der Waals surface area contributed by atoms with Crippen LogP contribution in [-0.2, 0) is 16.0 Å². The summed E-state index contributed by atoms with van der Waals surface area (Å²) in [6, 6.07) is 7.43. The maximum Gasteiger partial charge on any atom is 0.311 e. The Labute approximate surface area is 111 Å². The average molecular weight is 262 g/mol. The Morgan fingerprint density at radius 2 is 2.00 bits per heavy atom. The fourth-order valence-corrected chi connectivity index (χ4v) is 1.98. The first-order chi connectivity index (χ1) is 9.03. The lowest BCUT2D eigenvalue weighted by Crippen LogP contribution is -2.34. The van der Waals surface area contributed by atoms with Crippen LogP contribution in [0, 0.1) is 5.41 Å².